The molecule has 0 saturated carbocycles. The number of carbonyl (C=O) groups excluding carboxylic acids is 3. The number of hydrogen-bond donors (Lipinski definition) is 3. The average Bonchev–Trinajstić information content (AvgIpc) is 3.53. The number of rotatable bonds is 49. The topological polar surface area (TPSA) is 175 Å². The molecule has 0 radical (unpaired) electrons. The Labute approximate surface area is 488 Å². The third-order valence-corrected chi connectivity index (χ3v) is 12.6. The zero-order valence-corrected chi connectivity index (χ0v) is 49.7. The number of aliphatic carboxylic acids is 1. The number of carbonyl (C=O) groups is 4. The van der Waals surface area contributed by atoms with Crippen LogP contribution in [0, 0.1) is 0 Å². The summed E-state index contributed by atoms with van der Waals surface area (Å²) in [6.45, 7) is 5.57. The van der Waals surface area contributed by atoms with Crippen LogP contribution in [0.5, 0.6) is 0 Å². The van der Waals surface area contributed by atoms with E-state index in [0.717, 1.165) is 116 Å². The third kappa shape index (κ3) is 44.7. The first-order valence-corrected chi connectivity index (χ1v) is 30.5. The lowest BCUT2D eigenvalue weighted by molar-refractivity contribution is -0.301. The van der Waals surface area contributed by atoms with Gasteiger partial charge in [-0.25, -0.2) is 4.79 Å². The van der Waals surface area contributed by atoms with E-state index in [2.05, 4.69) is 142 Å². The zero-order valence-electron chi connectivity index (χ0n) is 49.7. The predicted molar refractivity (Wildman–Crippen MR) is 330 cm³/mol. The molecule has 12 heteroatoms. The fourth-order valence-corrected chi connectivity index (χ4v) is 8.03. The summed E-state index contributed by atoms with van der Waals surface area (Å²) >= 11 is 0. The summed E-state index contributed by atoms with van der Waals surface area (Å²) in [4.78, 5) is 51.1. The number of carboxylic acids is 1. The van der Waals surface area contributed by atoms with Gasteiger partial charge in [0.1, 0.15) is 18.8 Å². The fourth-order valence-electron chi connectivity index (χ4n) is 8.03. The van der Waals surface area contributed by atoms with E-state index in [1.807, 2.05) is 30.4 Å². The van der Waals surface area contributed by atoms with Crippen molar-refractivity contribution in [2.24, 2.45) is 0 Å². The molecule has 1 aliphatic heterocycles. The van der Waals surface area contributed by atoms with E-state index < -0.39 is 73.9 Å². The van der Waals surface area contributed by atoms with E-state index >= 15 is 0 Å². The molecule has 1 heterocycles. The molecule has 1 fully saturated rings. The molecular weight excluding hydrogens is 1020 g/mol. The fraction of sp³-hybridized carbons (Fsp3) is 0.565. The van der Waals surface area contributed by atoms with E-state index in [-0.39, 0.29) is 19.3 Å². The van der Waals surface area contributed by atoms with Crippen LogP contribution in [0.25, 0.3) is 0 Å². The summed E-state index contributed by atoms with van der Waals surface area (Å²) in [5, 5.41) is 31.5. The molecule has 0 spiro atoms. The third-order valence-electron chi connectivity index (χ3n) is 12.6. The maximum atomic E-state index is 13.1. The summed E-state index contributed by atoms with van der Waals surface area (Å²) in [7, 11) is 0. The van der Waals surface area contributed by atoms with E-state index in [0.29, 0.717) is 25.7 Å². The van der Waals surface area contributed by atoms with Crippen molar-refractivity contribution in [3.8, 4) is 0 Å². The van der Waals surface area contributed by atoms with Gasteiger partial charge >= 0.3 is 23.9 Å². The van der Waals surface area contributed by atoms with Crippen LogP contribution < -0.4 is 0 Å². The molecule has 0 aromatic rings. The number of esters is 3. The van der Waals surface area contributed by atoms with E-state index in [4.69, 9.17) is 23.7 Å². The molecule has 1 rings (SSSR count). The van der Waals surface area contributed by atoms with Crippen LogP contribution in [0.4, 0.5) is 0 Å². The first-order chi connectivity index (χ1) is 39.6. The van der Waals surface area contributed by atoms with Gasteiger partial charge in [-0.3, -0.25) is 14.4 Å². The SMILES string of the molecule is CC/C=C\C/C=C\C/C=C\C/C=C\C/C=C\C/C=C\CCC(=O)OCC(COC1OC(C(=O)O)C(O)C(O)C1OC(=O)CCCCCCCCC/C=C\C/C=C\CCCCC)OC(=O)C/C=C\C/C=C\C/C=C\C/C=C\C/C=C\CC. The maximum Gasteiger partial charge on any atom is 0.335 e. The standard InChI is InChI=1S/C69H104O12/c1-4-7-10-13-16-19-22-25-28-30-31-33-35-37-40-43-46-49-52-55-61(70)77-58-60(79-62(71)56-53-50-47-44-41-38-34-27-24-21-18-15-12-9-6-3)59-78-69-67(65(74)64(73)66(81-69)68(75)76)80-63(72)57-54-51-48-45-42-39-36-32-29-26-23-20-17-14-11-8-5-2/h7,9-10,12,16-21,25-29,31,33-34,37,40-41,44,46,49-50,53,60,64-67,69,73-74H,4-6,8,11,13-15,22-24,30,32,35-36,38-39,42-43,45,47-48,51-52,54-59H2,1-3H3,(H,75,76)/b10-7-,12-9-,19-16-,20-17-,21-18-,28-25-,29-26-,33-31-,34-27-,40-37-,44-41-,49-46-,53-50-. The predicted octanol–water partition coefficient (Wildman–Crippen LogP) is 16.1. The molecule has 452 valence electrons. The van der Waals surface area contributed by atoms with Gasteiger partial charge in [-0.1, -0.05) is 224 Å². The van der Waals surface area contributed by atoms with Crippen LogP contribution in [0.3, 0.4) is 0 Å². The summed E-state index contributed by atoms with van der Waals surface area (Å²) in [6, 6.07) is 0. The van der Waals surface area contributed by atoms with Gasteiger partial charge in [-0.2, -0.15) is 0 Å². The lowest BCUT2D eigenvalue weighted by Crippen LogP contribution is -2.61. The monoisotopic (exact) mass is 1120 g/mol. The molecule has 0 aliphatic carbocycles. The molecule has 0 bridgehead atoms. The van der Waals surface area contributed by atoms with Gasteiger partial charge < -0.3 is 39.0 Å². The van der Waals surface area contributed by atoms with Crippen LogP contribution in [0.15, 0.2) is 158 Å². The molecule has 0 aromatic heterocycles. The summed E-state index contributed by atoms with van der Waals surface area (Å²) in [6.07, 6.45) is 68.2. The highest BCUT2D eigenvalue weighted by atomic mass is 16.7. The highest BCUT2D eigenvalue weighted by Crippen LogP contribution is 2.26. The normalized spacial score (nSPS) is 18.9. The van der Waals surface area contributed by atoms with Crippen LogP contribution in [0.2, 0.25) is 0 Å². The molecule has 1 aliphatic rings. The Morgan fingerprint density at radius 1 is 0.432 bits per heavy atom. The van der Waals surface area contributed by atoms with Crippen molar-refractivity contribution < 1.29 is 58.2 Å². The minimum atomic E-state index is -1.94. The number of allylic oxidation sites excluding steroid dienone is 25. The van der Waals surface area contributed by atoms with Crippen LogP contribution >= 0.6 is 0 Å². The van der Waals surface area contributed by atoms with Gasteiger partial charge in [0.2, 0.25) is 0 Å². The second-order valence-corrected chi connectivity index (χ2v) is 19.9. The Bertz CT molecular complexity index is 2010. The van der Waals surface area contributed by atoms with Crippen molar-refractivity contribution in [2.75, 3.05) is 13.2 Å². The van der Waals surface area contributed by atoms with Gasteiger partial charge in [-0.15, -0.1) is 0 Å². The average molecular weight is 1130 g/mol. The van der Waals surface area contributed by atoms with Gasteiger partial charge in [0.25, 0.3) is 0 Å². The highest BCUT2D eigenvalue weighted by molar-refractivity contribution is 5.74. The van der Waals surface area contributed by atoms with Crippen molar-refractivity contribution >= 4 is 23.9 Å². The smallest absolute Gasteiger partial charge is 0.335 e. The molecule has 0 amide bonds. The number of hydrogen-bond acceptors (Lipinski definition) is 11. The van der Waals surface area contributed by atoms with Crippen LogP contribution in [-0.2, 0) is 42.9 Å². The lowest BCUT2D eigenvalue weighted by Gasteiger charge is -2.40. The van der Waals surface area contributed by atoms with Gasteiger partial charge in [-0.05, 0) is 116 Å². The van der Waals surface area contributed by atoms with Gasteiger partial charge in [0, 0.05) is 12.8 Å². The zero-order chi connectivity index (χ0) is 58.9. The van der Waals surface area contributed by atoms with E-state index in [9.17, 15) is 34.5 Å². The summed E-state index contributed by atoms with van der Waals surface area (Å²) < 4.78 is 28.2. The number of unbranched alkanes of at least 4 members (excludes halogenated alkanes) is 10. The largest absolute Gasteiger partial charge is 0.479 e. The van der Waals surface area contributed by atoms with Crippen molar-refractivity contribution in [2.45, 2.75) is 237 Å². The first kappa shape index (κ1) is 73.4. The minimum absolute atomic E-state index is 0.0246. The lowest BCUT2D eigenvalue weighted by atomic mass is 9.98. The minimum Gasteiger partial charge on any atom is -0.479 e. The molecule has 1 saturated heterocycles. The van der Waals surface area contributed by atoms with E-state index in [1.165, 1.54) is 19.3 Å². The van der Waals surface area contributed by atoms with E-state index in [1.54, 1.807) is 6.08 Å². The van der Waals surface area contributed by atoms with Crippen molar-refractivity contribution in [3.05, 3.63) is 158 Å². The first-order valence-electron chi connectivity index (χ1n) is 30.5. The Kier molecular flexibility index (Phi) is 49.7. The summed E-state index contributed by atoms with van der Waals surface area (Å²) in [5.41, 5.74) is 0. The van der Waals surface area contributed by atoms with Gasteiger partial charge in [0.15, 0.2) is 24.6 Å². The number of ether oxygens (including phenoxy) is 5. The molecule has 12 nitrogen and oxygen atoms in total. The Morgan fingerprint density at radius 3 is 1.30 bits per heavy atom. The molecule has 6 atom stereocenters. The molecular formula is C69H104O12. The van der Waals surface area contributed by atoms with Crippen molar-refractivity contribution in [1.29, 1.82) is 0 Å². The van der Waals surface area contributed by atoms with Crippen molar-refractivity contribution in [3.63, 3.8) is 0 Å². The maximum absolute atomic E-state index is 13.1. The molecule has 0 aromatic carbocycles. The Hall–Kier alpha value is -5.66. The number of carboxylic acid groups (broad SMARTS) is 1. The molecule has 6 unspecified atom stereocenters. The van der Waals surface area contributed by atoms with Gasteiger partial charge in [0.05, 0.1) is 13.0 Å². The quantitative estimate of drug-likeness (QED) is 0.0228. The van der Waals surface area contributed by atoms with Crippen LogP contribution in [0.1, 0.15) is 201 Å². The second-order valence-electron chi connectivity index (χ2n) is 19.9. The number of aliphatic hydroxyl groups excluding tert-OH is 2. The summed E-state index contributed by atoms with van der Waals surface area (Å²) in [5.74, 6) is -3.44. The Balaban J connectivity index is 2.79. The molecule has 81 heavy (non-hydrogen) atoms. The highest BCUT2D eigenvalue weighted by Gasteiger charge is 2.50. The number of aliphatic hydroxyl groups is 2. The van der Waals surface area contributed by atoms with Crippen LogP contribution in [-0.4, -0.2) is 89.2 Å². The second kappa shape index (κ2) is 54.9. The Morgan fingerprint density at radius 2 is 0.840 bits per heavy atom. The van der Waals surface area contributed by atoms with Crippen molar-refractivity contribution in [1.82, 2.24) is 0 Å². The molecule has 3 N–H and O–H groups in total.